The minimum atomic E-state index is -0.0104. The van der Waals surface area contributed by atoms with Crippen molar-refractivity contribution in [3.63, 3.8) is 0 Å². The molecule has 3 aliphatic heterocycles. The number of likely N-dealkylation sites (N-methyl/N-ethyl adjacent to an activating group) is 1. The van der Waals surface area contributed by atoms with Crippen LogP contribution in [0.15, 0.2) is 58.4 Å². The molecule has 3 heterocycles. The van der Waals surface area contributed by atoms with E-state index in [0.29, 0.717) is 10.1 Å². The fraction of sp³-hybridized carbons (Fsp3) is 0.385. The SMILES string of the molecule is CN1C(=O)/C(=C\c2ccc(N3CCCCC3)cc2)SC1=Nc1ccc(N2CCOCC2)cc1. The monoisotopic (exact) mass is 462 g/mol. The number of nitrogens with zero attached hydrogens (tertiary/aromatic N) is 4. The lowest BCUT2D eigenvalue weighted by atomic mass is 10.1. The summed E-state index contributed by atoms with van der Waals surface area (Å²) in [5, 5.41) is 0.704. The summed E-state index contributed by atoms with van der Waals surface area (Å²) in [7, 11) is 1.79. The Morgan fingerprint density at radius 2 is 1.45 bits per heavy atom. The first-order chi connectivity index (χ1) is 16.2. The number of carbonyl (C=O) groups is 1. The van der Waals surface area contributed by atoms with E-state index in [0.717, 1.165) is 50.6 Å². The molecule has 5 rings (SSSR count). The van der Waals surface area contributed by atoms with Gasteiger partial charge in [-0.25, -0.2) is 4.99 Å². The number of amides is 1. The van der Waals surface area contributed by atoms with Gasteiger partial charge in [-0.3, -0.25) is 9.69 Å². The van der Waals surface area contributed by atoms with Crippen LogP contribution in [0.5, 0.6) is 0 Å². The Balaban J connectivity index is 1.28. The van der Waals surface area contributed by atoms with Gasteiger partial charge in [-0.2, -0.15) is 0 Å². The van der Waals surface area contributed by atoms with E-state index in [9.17, 15) is 4.79 Å². The quantitative estimate of drug-likeness (QED) is 0.614. The van der Waals surface area contributed by atoms with Gasteiger partial charge in [0.25, 0.3) is 5.91 Å². The molecule has 1 amide bonds. The molecule has 6 nitrogen and oxygen atoms in total. The average molecular weight is 463 g/mol. The number of anilines is 2. The maximum absolute atomic E-state index is 12.8. The Labute approximate surface area is 199 Å². The molecule has 33 heavy (non-hydrogen) atoms. The van der Waals surface area contributed by atoms with Crippen molar-refractivity contribution < 1.29 is 9.53 Å². The molecule has 2 aromatic carbocycles. The van der Waals surface area contributed by atoms with E-state index in [1.54, 1.807) is 11.9 Å². The standard InChI is InChI=1S/C26H30N4O2S/c1-28-25(31)24(19-20-5-9-22(10-6-20)29-13-3-2-4-14-29)33-26(28)27-21-7-11-23(12-8-21)30-15-17-32-18-16-30/h5-12,19H,2-4,13-18H2,1H3/b24-19+,27-26?. The molecular weight excluding hydrogens is 432 g/mol. The molecule has 3 aliphatic rings. The second-order valence-electron chi connectivity index (χ2n) is 8.62. The first kappa shape index (κ1) is 22.0. The second-order valence-corrected chi connectivity index (χ2v) is 9.63. The number of aliphatic imine (C=N–C) groups is 1. The summed E-state index contributed by atoms with van der Waals surface area (Å²) >= 11 is 1.43. The summed E-state index contributed by atoms with van der Waals surface area (Å²) in [6, 6.07) is 16.7. The zero-order chi connectivity index (χ0) is 22.6. The summed E-state index contributed by atoms with van der Waals surface area (Å²) in [5.41, 5.74) is 4.33. The van der Waals surface area contributed by atoms with Crippen LogP contribution in [-0.4, -0.2) is 62.4 Å². The lowest BCUT2D eigenvalue weighted by Crippen LogP contribution is -2.36. The van der Waals surface area contributed by atoms with Crippen molar-refractivity contribution in [2.45, 2.75) is 19.3 Å². The van der Waals surface area contributed by atoms with Gasteiger partial charge in [0, 0.05) is 44.6 Å². The second kappa shape index (κ2) is 10.0. The lowest BCUT2D eigenvalue weighted by molar-refractivity contribution is -0.121. The first-order valence-electron chi connectivity index (χ1n) is 11.7. The van der Waals surface area contributed by atoms with E-state index in [2.05, 4.69) is 46.2 Å². The van der Waals surface area contributed by atoms with Crippen molar-refractivity contribution in [1.29, 1.82) is 0 Å². The zero-order valence-corrected chi connectivity index (χ0v) is 19.9. The minimum Gasteiger partial charge on any atom is -0.378 e. The van der Waals surface area contributed by atoms with Crippen LogP contribution in [0, 0.1) is 0 Å². The number of hydrogen-bond donors (Lipinski definition) is 0. The van der Waals surface area contributed by atoms with Crippen molar-refractivity contribution in [2.24, 2.45) is 4.99 Å². The Morgan fingerprint density at radius 1 is 0.848 bits per heavy atom. The predicted molar refractivity (Wildman–Crippen MR) is 137 cm³/mol. The van der Waals surface area contributed by atoms with Crippen molar-refractivity contribution in [3.05, 3.63) is 59.0 Å². The third-order valence-corrected chi connectivity index (χ3v) is 7.43. The molecule has 0 aliphatic carbocycles. The number of hydrogen-bond acceptors (Lipinski definition) is 6. The van der Waals surface area contributed by atoms with Gasteiger partial charge in [-0.1, -0.05) is 12.1 Å². The summed E-state index contributed by atoms with van der Waals surface area (Å²) in [5.74, 6) is -0.0104. The van der Waals surface area contributed by atoms with Crippen LogP contribution < -0.4 is 9.80 Å². The normalized spacial score (nSPS) is 22.0. The summed E-state index contributed by atoms with van der Waals surface area (Å²) in [6.45, 7) is 5.62. The molecular formula is C26H30N4O2S. The van der Waals surface area contributed by atoms with Crippen LogP contribution in [0.25, 0.3) is 6.08 Å². The molecule has 172 valence electrons. The highest BCUT2D eigenvalue weighted by Crippen LogP contribution is 2.34. The molecule has 3 saturated heterocycles. The van der Waals surface area contributed by atoms with Crippen LogP contribution >= 0.6 is 11.8 Å². The van der Waals surface area contributed by atoms with Crippen molar-refractivity contribution in [1.82, 2.24) is 4.90 Å². The predicted octanol–water partition coefficient (Wildman–Crippen LogP) is 4.75. The smallest absolute Gasteiger partial charge is 0.266 e. The topological polar surface area (TPSA) is 48.4 Å². The largest absolute Gasteiger partial charge is 0.378 e. The van der Waals surface area contributed by atoms with E-state index in [-0.39, 0.29) is 5.91 Å². The summed E-state index contributed by atoms with van der Waals surface area (Å²) in [4.78, 5) is 24.6. The Morgan fingerprint density at radius 3 is 2.12 bits per heavy atom. The summed E-state index contributed by atoms with van der Waals surface area (Å²) in [6.07, 6.45) is 5.83. The van der Waals surface area contributed by atoms with Crippen molar-refractivity contribution in [2.75, 3.05) is 56.2 Å². The number of thioether (sulfide) groups is 1. The Kier molecular flexibility index (Phi) is 6.69. The molecule has 3 fully saturated rings. The third kappa shape index (κ3) is 5.09. The molecule has 0 radical (unpaired) electrons. The minimum absolute atomic E-state index is 0.0104. The number of ether oxygens (including phenoxy) is 1. The number of rotatable bonds is 4. The van der Waals surface area contributed by atoms with Gasteiger partial charge in [0.05, 0.1) is 23.8 Å². The van der Waals surface area contributed by atoms with Gasteiger partial charge in [-0.15, -0.1) is 0 Å². The van der Waals surface area contributed by atoms with Gasteiger partial charge in [-0.05, 0) is 79.1 Å². The highest BCUT2D eigenvalue weighted by Gasteiger charge is 2.30. The fourth-order valence-electron chi connectivity index (χ4n) is 4.41. The molecule has 0 saturated carbocycles. The van der Waals surface area contributed by atoms with Crippen LogP contribution in [-0.2, 0) is 9.53 Å². The Bertz CT molecular complexity index is 1040. The zero-order valence-electron chi connectivity index (χ0n) is 19.1. The van der Waals surface area contributed by atoms with E-state index < -0.39 is 0 Å². The van der Waals surface area contributed by atoms with E-state index >= 15 is 0 Å². The average Bonchev–Trinajstić information content (AvgIpc) is 3.13. The maximum Gasteiger partial charge on any atom is 0.266 e. The highest BCUT2D eigenvalue weighted by molar-refractivity contribution is 8.18. The molecule has 7 heteroatoms. The number of piperidine rings is 1. The fourth-order valence-corrected chi connectivity index (χ4v) is 5.39. The van der Waals surface area contributed by atoms with Crippen molar-refractivity contribution in [3.8, 4) is 0 Å². The van der Waals surface area contributed by atoms with Crippen LogP contribution in [0.4, 0.5) is 17.1 Å². The van der Waals surface area contributed by atoms with E-state index in [1.165, 1.54) is 42.4 Å². The number of amidine groups is 1. The highest BCUT2D eigenvalue weighted by atomic mass is 32.2. The Hall–Kier alpha value is -2.77. The van der Waals surface area contributed by atoms with Gasteiger partial charge in [0.2, 0.25) is 0 Å². The molecule has 0 spiro atoms. The van der Waals surface area contributed by atoms with E-state index in [1.807, 2.05) is 18.2 Å². The van der Waals surface area contributed by atoms with Gasteiger partial charge < -0.3 is 14.5 Å². The molecule has 0 atom stereocenters. The maximum atomic E-state index is 12.8. The number of morpholine rings is 1. The third-order valence-electron chi connectivity index (χ3n) is 6.37. The van der Waals surface area contributed by atoms with Crippen LogP contribution in [0.3, 0.4) is 0 Å². The number of benzene rings is 2. The molecule has 2 aromatic rings. The molecule has 0 aromatic heterocycles. The molecule has 0 unspecified atom stereocenters. The van der Waals surface area contributed by atoms with Gasteiger partial charge in [0.1, 0.15) is 0 Å². The first-order valence-corrected chi connectivity index (χ1v) is 12.5. The number of carbonyl (C=O) groups excluding carboxylic acids is 1. The summed E-state index contributed by atoms with van der Waals surface area (Å²) < 4.78 is 5.43. The van der Waals surface area contributed by atoms with Crippen LogP contribution in [0.2, 0.25) is 0 Å². The lowest BCUT2D eigenvalue weighted by Gasteiger charge is -2.28. The molecule has 0 N–H and O–H groups in total. The van der Waals surface area contributed by atoms with Gasteiger partial charge >= 0.3 is 0 Å². The van der Waals surface area contributed by atoms with Gasteiger partial charge in [0.15, 0.2) is 5.17 Å². The van der Waals surface area contributed by atoms with Crippen LogP contribution in [0.1, 0.15) is 24.8 Å². The van der Waals surface area contributed by atoms with Crippen molar-refractivity contribution >= 4 is 46.0 Å². The van der Waals surface area contributed by atoms with E-state index in [4.69, 9.17) is 9.73 Å². The molecule has 0 bridgehead atoms.